The summed E-state index contributed by atoms with van der Waals surface area (Å²) in [5.74, 6) is -0.415. The van der Waals surface area contributed by atoms with E-state index in [1.165, 1.54) is 50.7 Å². The van der Waals surface area contributed by atoms with Crippen LogP contribution in [0.1, 0.15) is 38.5 Å². The lowest BCUT2D eigenvalue weighted by atomic mass is 10.1. The molecule has 1 aromatic rings. The van der Waals surface area contributed by atoms with Crippen molar-refractivity contribution < 1.29 is 9.18 Å². The number of hydrogen-bond donors (Lipinski definition) is 1. The number of anilines is 1. The average molecular weight is 278 g/mol. The van der Waals surface area contributed by atoms with Crippen LogP contribution >= 0.6 is 0 Å². The molecule has 4 heteroatoms. The summed E-state index contributed by atoms with van der Waals surface area (Å²) in [5, 5.41) is 2.75. The summed E-state index contributed by atoms with van der Waals surface area (Å²) in [7, 11) is 2.00. The summed E-state index contributed by atoms with van der Waals surface area (Å²) in [5.41, 5.74) is 0.518. The third-order valence-electron chi connectivity index (χ3n) is 3.95. The molecule has 1 aliphatic rings. The Hall–Kier alpha value is -1.42. The summed E-state index contributed by atoms with van der Waals surface area (Å²) in [4.78, 5) is 14.1. The van der Waals surface area contributed by atoms with Crippen LogP contribution in [0.25, 0.3) is 0 Å². The van der Waals surface area contributed by atoms with Crippen molar-refractivity contribution in [2.45, 2.75) is 44.6 Å². The molecular weight excluding hydrogens is 255 g/mol. The molecule has 0 unspecified atom stereocenters. The van der Waals surface area contributed by atoms with E-state index in [0.717, 1.165) is 0 Å². The van der Waals surface area contributed by atoms with Crippen molar-refractivity contribution in [1.82, 2.24) is 4.90 Å². The van der Waals surface area contributed by atoms with Crippen molar-refractivity contribution in [3.63, 3.8) is 0 Å². The van der Waals surface area contributed by atoms with Gasteiger partial charge < -0.3 is 5.32 Å². The molecule has 1 N–H and O–H groups in total. The number of nitrogens with one attached hydrogen (secondary N) is 1. The molecule has 0 heterocycles. The van der Waals surface area contributed by atoms with Crippen LogP contribution in [0.4, 0.5) is 10.1 Å². The van der Waals surface area contributed by atoms with Gasteiger partial charge in [-0.2, -0.15) is 0 Å². The fourth-order valence-electron chi connectivity index (χ4n) is 2.82. The maximum atomic E-state index is 13.1. The Bertz CT molecular complexity index is 442. The molecule has 1 aromatic carbocycles. The van der Waals surface area contributed by atoms with Gasteiger partial charge in [0, 0.05) is 11.7 Å². The number of halogens is 1. The van der Waals surface area contributed by atoms with Crippen molar-refractivity contribution in [3.05, 3.63) is 30.1 Å². The van der Waals surface area contributed by atoms with Gasteiger partial charge in [0.15, 0.2) is 0 Å². The second-order valence-corrected chi connectivity index (χ2v) is 5.62. The summed E-state index contributed by atoms with van der Waals surface area (Å²) in [6.07, 6.45) is 7.45. The molecule has 1 saturated carbocycles. The SMILES string of the molecule is CN(CC(=O)Nc1cccc(F)c1)C1CCCCCC1. The minimum atomic E-state index is -0.333. The van der Waals surface area contributed by atoms with Gasteiger partial charge in [-0.15, -0.1) is 0 Å². The van der Waals surface area contributed by atoms with Crippen LogP contribution in [-0.2, 0) is 4.79 Å². The first-order chi connectivity index (χ1) is 9.65. The van der Waals surface area contributed by atoms with E-state index in [4.69, 9.17) is 0 Å². The standard InChI is InChI=1S/C16H23FN2O/c1-19(15-9-4-2-3-5-10-15)12-16(20)18-14-8-6-7-13(17)11-14/h6-8,11,15H,2-5,9-10,12H2,1H3,(H,18,20). The van der Waals surface area contributed by atoms with Crippen LogP contribution in [0.3, 0.4) is 0 Å². The van der Waals surface area contributed by atoms with Gasteiger partial charge in [0.05, 0.1) is 6.54 Å². The van der Waals surface area contributed by atoms with Gasteiger partial charge >= 0.3 is 0 Å². The highest BCUT2D eigenvalue weighted by Crippen LogP contribution is 2.21. The number of likely N-dealkylation sites (N-methyl/N-ethyl adjacent to an activating group) is 1. The topological polar surface area (TPSA) is 32.3 Å². The van der Waals surface area contributed by atoms with Crippen molar-refractivity contribution in [1.29, 1.82) is 0 Å². The Morgan fingerprint density at radius 1 is 1.30 bits per heavy atom. The van der Waals surface area contributed by atoms with E-state index in [2.05, 4.69) is 10.2 Å². The Kier molecular flexibility index (Phi) is 5.53. The minimum Gasteiger partial charge on any atom is -0.325 e. The quantitative estimate of drug-likeness (QED) is 0.856. The van der Waals surface area contributed by atoms with E-state index in [9.17, 15) is 9.18 Å². The second kappa shape index (κ2) is 7.39. The zero-order valence-electron chi connectivity index (χ0n) is 12.1. The van der Waals surface area contributed by atoms with Gasteiger partial charge in [0.25, 0.3) is 0 Å². The van der Waals surface area contributed by atoms with Gasteiger partial charge in [-0.3, -0.25) is 9.69 Å². The Morgan fingerprint density at radius 3 is 2.65 bits per heavy atom. The van der Waals surface area contributed by atoms with Crippen molar-refractivity contribution in [2.24, 2.45) is 0 Å². The Balaban J connectivity index is 1.84. The number of carbonyl (C=O) groups excluding carboxylic acids is 1. The summed E-state index contributed by atoms with van der Waals surface area (Å²) in [6.45, 7) is 0.362. The highest BCUT2D eigenvalue weighted by atomic mass is 19.1. The molecule has 0 atom stereocenters. The molecule has 1 fully saturated rings. The molecule has 0 saturated heterocycles. The van der Waals surface area contributed by atoms with Crippen molar-refractivity contribution >= 4 is 11.6 Å². The van der Waals surface area contributed by atoms with Gasteiger partial charge in [-0.25, -0.2) is 4.39 Å². The molecule has 110 valence electrons. The number of amides is 1. The van der Waals surface area contributed by atoms with Crippen molar-refractivity contribution in [2.75, 3.05) is 18.9 Å². The average Bonchev–Trinajstić information content (AvgIpc) is 2.67. The third-order valence-corrected chi connectivity index (χ3v) is 3.95. The van der Waals surface area contributed by atoms with E-state index < -0.39 is 0 Å². The first kappa shape index (κ1) is 15.0. The summed E-state index contributed by atoms with van der Waals surface area (Å²) < 4.78 is 13.1. The number of rotatable bonds is 4. The molecule has 0 spiro atoms. The van der Waals surface area contributed by atoms with Crippen LogP contribution in [0.15, 0.2) is 24.3 Å². The van der Waals surface area contributed by atoms with E-state index in [-0.39, 0.29) is 11.7 Å². The lowest BCUT2D eigenvalue weighted by Gasteiger charge is -2.26. The van der Waals surface area contributed by atoms with E-state index in [0.29, 0.717) is 18.3 Å². The van der Waals surface area contributed by atoms with Crippen LogP contribution in [0.5, 0.6) is 0 Å². The fourth-order valence-corrected chi connectivity index (χ4v) is 2.82. The number of benzene rings is 1. The molecule has 1 amide bonds. The van der Waals surface area contributed by atoms with Gasteiger partial charge in [0.1, 0.15) is 5.82 Å². The summed E-state index contributed by atoms with van der Waals surface area (Å²) >= 11 is 0. The predicted molar refractivity (Wildman–Crippen MR) is 79.1 cm³/mol. The van der Waals surface area contributed by atoms with Gasteiger partial charge in [-0.05, 0) is 38.1 Å². The van der Waals surface area contributed by atoms with Gasteiger partial charge in [0.2, 0.25) is 5.91 Å². The molecule has 3 nitrogen and oxygen atoms in total. The Morgan fingerprint density at radius 2 is 2.00 bits per heavy atom. The first-order valence-electron chi connectivity index (χ1n) is 7.41. The molecular formula is C16H23FN2O. The highest BCUT2D eigenvalue weighted by Gasteiger charge is 2.18. The number of nitrogens with zero attached hydrogens (tertiary/aromatic N) is 1. The number of carbonyl (C=O) groups is 1. The van der Waals surface area contributed by atoms with Gasteiger partial charge in [-0.1, -0.05) is 31.7 Å². The monoisotopic (exact) mass is 278 g/mol. The molecule has 0 aliphatic heterocycles. The maximum Gasteiger partial charge on any atom is 0.238 e. The lowest BCUT2D eigenvalue weighted by molar-refractivity contribution is -0.117. The first-order valence-corrected chi connectivity index (χ1v) is 7.41. The molecule has 1 aliphatic carbocycles. The third kappa shape index (κ3) is 4.60. The van der Waals surface area contributed by atoms with Crippen molar-refractivity contribution in [3.8, 4) is 0 Å². The van der Waals surface area contributed by atoms with Crippen LogP contribution in [0, 0.1) is 5.82 Å². The predicted octanol–water partition coefficient (Wildman–Crippen LogP) is 3.42. The summed E-state index contributed by atoms with van der Waals surface area (Å²) in [6, 6.07) is 6.50. The van der Waals surface area contributed by atoms with E-state index in [1.54, 1.807) is 12.1 Å². The largest absolute Gasteiger partial charge is 0.325 e. The highest BCUT2D eigenvalue weighted by molar-refractivity contribution is 5.92. The van der Waals surface area contributed by atoms with Crippen LogP contribution < -0.4 is 5.32 Å². The molecule has 0 bridgehead atoms. The van der Waals surface area contributed by atoms with Crippen LogP contribution in [-0.4, -0.2) is 30.4 Å². The molecule has 0 aromatic heterocycles. The molecule has 20 heavy (non-hydrogen) atoms. The Labute approximate surface area is 120 Å². The second-order valence-electron chi connectivity index (χ2n) is 5.62. The smallest absolute Gasteiger partial charge is 0.238 e. The molecule has 0 radical (unpaired) electrons. The lowest BCUT2D eigenvalue weighted by Crippen LogP contribution is -2.37. The maximum absolute atomic E-state index is 13.1. The zero-order chi connectivity index (χ0) is 14.4. The van der Waals surface area contributed by atoms with E-state index >= 15 is 0 Å². The molecule has 2 rings (SSSR count). The minimum absolute atomic E-state index is 0.0812. The fraction of sp³-hybridized carbons (Fsp3) is 0.562. The normalized spacial score (nSPS) is 16.9. The van der Waals surface area contributed by atoms with E-state index in [1.807, 2.05) is 7.05 Å². The van der Waals surface area contributed by atoms with Crippen LogP contribution in [0.2, 0.25) is 0 Å². The number of hydrogen-bond acceptors (Lipinski definition) is 2. The zero-order valence-corrected chi connectivity index (χ0v) is 12.1.